The highest BCUT2D eigenvalue weighted by Gasteiger charge is 2.36. The second-order valence-corrected chi connectivity index (χ2v) is 7.93. The van der Waals surface area contributed by atoms with E-state index in [4.69, 9.17) is 0 Å². The number of piperidine rings is 1. The third kappa shape index (κ3) is 3.20. The largest absolute Gasteiger partial charge is 0.338 e. The van der Waals surface area contributed by atoms with Gasteiger partial charge in [-0.15, -0.1) is 0 Å². The molecule has 1 N–H and O–H groups in total. The SMILES string of the molecule is O=C(c1ccc(=O)[nH]c1)N1C[C@@H]2C[C@H](C1)c1cc(-c3ccccc3)cc(=O)n1C2. The Balaban J connectivity index is 1.48. The zero-order valence-corrected chi connectivity index (χ0v) is 15.9. The van der Waals surface area contributed by atoms with Crippen LogP contribution in [-0.2, 0) is 6.54 Å². The number of nitrogens with zero attached hydrogens (tertiary/aromatic N) is 2. The molecule has 1 saturated heterocycles. The van der Waals surface area contributed by atoms with Crippen molar-refractivity contribution in [3.05, 3.63) is 92.8 Å². The van der Waals surface area contributed by atoms with E-state index in [1.807, 2.05) is 39.8 Å². The van der Waals surface area contributed by atoms with E-state index in [9.17, 15) is 14.4 Å². The summed E-state index contributed by atoms with van der Waals surface area (Å²) in [6.45, 7) is 1.84. The van der Waals surface area contributed by atoms with E-state index in [1.54, 1.807) is 12.1 Å². The maximum Gasteiger partial charge on any atom is 0.255 e. The van der Waals surface area contributed by atoms with Crippen LogP contribution >= 0.6 is 0 Å². The van der Waals surface area contributed by atoms with Gasteiger partial charge in [-0.2, -0.15) is 0 Å². The molecule has 0 spiro atoms. The van der Waals surface area contributed by atoms with Gasteiger partial charge in [-0.3, -0.25) is 14.4 Å². The Bertz CT molecular complexity index is 1180. The Labute approximate surface area is 167 Å². The number of pyridine rings is 2. The number of amides is 1. The lowest BCUT2D eigenvalue weighted by atomic mass is 9.82. The lowest BCUT2D eigenvalue weighted by molar-refractivity contribution is 0.0594. The van der Waals surface area contributed by atoms with Crippen LogP contribution in [-0.4, -0.2) is 33.4 Å². The number of hydrogen-bond acceptors (Lipinski definition) is 3. The molecule has 1 amide bonds. The molecule has 2 bridgehead atoms. The first-order chi connectivity index (χ1) is 14.1. The molecule has 3 aromatic rings. The van der Waals surface area contributed by atoms with Gasteiger partial charge in [0.05, 0.1) is 5.56 Å². The van der Waals surface area contributed by atoms with Crippen LogP contribution < -0.4 is 11.1 Å². The Morgan fingerprint density at radius 1 is 0.931 bits per heavy atom. The Morgan fingerprint density at radius 2 is 1.76 bits per heavy atom. The summed E-state index contributed by atoms with van der Waals surface area (Å²) in [6, 6.07) is 16.7. The maximum atomic E-state index is 12.9. The van der Waals surface area contributed by atoms with Crippen molar-refractivity contribution < 1.29 is 4.79 Å². The summed E-state index contributed by atoms with van der Waals surface area (Å²) in [7, 11) is 0. The van der Waals surface area contributed by atoms with Gasteiger partial charge in [-0.1, -0.05) is 30.3 Å². The zero-order chi connectivity index (χ0) is 20.0. The second-order valence-electron chi connectivity index (χ2n) is 7.93. The molecule has 0 unspecified atom stereocenters. The molecule has 1 fully saturated rings. The molecule has 4 heterocycles. The molecule has 1 aromatic carbocycles. The predicted octanol–water partition coefficient (Wildman–Crippen LogP) is 2.46. The molecule has 29 heavy (non-hydrogen) atoms. The zero-order valence-electron chi connectivity index (χ0n) is 15.9. The van der Waals surface area contributed by atoms with Crippen molar-refractivity contribution in [1.82, 2.24) is 14.5 Å². The summed E-state index contributed by atoms with van der Waals surface area (Å²) in [6.07, 6.45) is 2.45. The number of carbonyl (C=O) groups is 1. The van der Waals surface area contributed by atoms with E-state index in [1.165, 1.54) is 12.3 Å². The Kier molecular flexibility index (Phi) is 4.19. The molecule has 0 saturated carbocycles. The number of H-pyrrole nitrogens is 1. The molecule has 2 atom stereocenters. The predicted molar refractivity (Wildman–Crippen MR) is 110 cm³/mol. The fraction of sp³-hybridized carbons (Fsp3) is 0.261. The number of fused-ring (bicyclic) bond motifs is 4. The number of aromatic nitrogens is 2. The molecule has 0 radical (unpaired) electrons. The molecule has 5 rings (SSSR count). The van der Waals surface area contributed by atoms with Crippen molar-refractivity contribution in [2.75, 3.05) is 13.1 Å². The quantitative estimate of drug-likeness (QED) is 0.734. The highest BCUT2D eigenvalue weighted by molar-refractivity contribution is 5.94. The molecular weight excluding hydrogens is 366 g/mol. The number of likely N-dealkylation sites (tertiary alicyclic amines) is 1. The van der Waals surface area contributed by atoms with Crippen molar-refractivity contribution in [3.8, 4) is 11.1 Å². The fourth-order valence-corrected chi connectivity index (χ4v) is 4.65. The summed E-state index contributed by atoms with van der Waals surface area (Å²) in [5.41, 5.74) is 3.23. The van der Waals surface area contributed by atoms with Crippen LogP contribution in [0.15, 0.2) is 70.4 Å². The van der Waals surface area contributed by atoms with Gasteiger partial charge in [0.25, 0.3) is 11.5 Å². The van der Waals surface area contributed by atoms with Crippen LogP contribution in [0.2, 0.25) is 0 Å². The summed E-state index contributed by atoms with van der Waals surface area (Å²) < 4.78 is 1.88. The van der Waals surface area contributed by atoms with Crippen molar-refractivity contribution >= 4 is 5.91 Å². The van der Waals surface area contributed by atoms with Gasteiger partial charge in [-0.05, 0) is 35.6 Å². The normalized spacial score (nSPS) is 20.2. The number of nitrogens with one attached hydrogen (secondary N) is 1. The third-order valence-corrected chi connectivity index (χ3v) is 5.98. The molecule has 0 aliphatic carbocycles. The average Bonchev–Trinajstić information content (AvgIpc) is 2.75. The first kappa shape index (κ1) is 17.7. The monoisotopic (exact) mass is 387 g/mol. The molecule has 2 aromatic heterocycles. The third-order valence-electron chi connectivity index (χ3n) is 5.98. The van der Waals surface area contributed by atoms with E-state index in [-0.39, 0.29) is 28.9 Å². The molecule has 146 valence electrons. The minimum absolute atomic E-state index is 0.0245. The van der Waals surface area contributed by atoms with Crippen molar-refractivity contribution in [2.24, 2.45) is 5.92 Å². The van der Waals surface area contributed by atoms with Crippen LogP contribution in [0.5, 0.6) is 0 Å². The fourth-order valence-electron chi connectivity index (χ4n) is 4.65. The van der Waals surface area contributed by atoms with Gasteiger partial charge in [0.1, 0.15) is 0 Å². The number of aromatic amines is 1. The minimum Gasteiger partial charge on any atom is -0.338 e. The standard InChI is InChI=1S/C23H21N3O3/c27-21-7-6-17(11-24-21)23(29)25-12-15-8-19(14-25)20-9-18(10-22(28)26(20)13-15)16-4-2-1-3-5-16/h1-7,9-11,15,19H,8,12-14H2,(H,24,27)/t15-,19+/m0/s1. The second kappa shape index (κ2) is 6.88. The summed E-state index contributed by atoms with van der Waals surface area (Å²) in [4.78, 5) is 41.5. The van der Waals surface area contributed by atoms with E-state index < -0.39 is 0 Å². The van der Waals surface area contributed by atoms with Crippen LogP contribution in [0.3, 0.4) is 0 Å². The van der Waals surface area contributed by atoms with Gasteiger partial charge >= 0.3 is 0 Å². The van der Waals surface area contributed by atoms with E-state index in [0.717, 1.165) is 23.2 Å². The van der Waals surface area contributed by atoms with E-state index >= 15 is 0 Å². The van der Waals surface area contributed by atoms with E-state index in [0.29, 0.717) is 25.2 Å². The van der Waals surface area contributed by atoms with E-state index in [2.05, 4.69) is 11.1 Å². The molecule has 6 nitrogen and oxygen atoms in total. The van der Waals surface area contributed by atoms with Crippen LogP contribution in [0.4, 0.5) is 0 Å². The van der Waals surface area contributed by atoms with Gasteiger partial charge in [0.2, 0.25) is 5.56 Å². The maximum absolute atomic E-state index is 12.9. The highest BCUT2D eigenvalue weighted by Crippen LogP contribution is 2.37. The minimum atomic E-state index is -0.223. The smallest absolute Gasteiger partial charge is 0.255 e. The Morgan fingerprint density at radius 3 is 2.52 bits per heavy atom. The topological polar surface area (TPSA) is 75.2 Å². The molecular formula is C23H21N3O3. The van der Waals surface area contributed by atoms with Crippen molar-refractivity contribution in [1.29, 1.82) is 0 Å². The van der Waals surface area contributed by atoms with Crippen molar-refractivity contribution in [3.63, 3.8) is 0 Å². The van der Waals surface area contributed by atoms with Crippen LogP contribution in [0, 0.1) is 5.92 Å². The number of rotatable bonds is 2. The highest BCUT2D eigenvalue weighted by atomic mass is 16.2. The van der Waals surface area contributed by atoms with Gasteiger partial charge in [0, 0.05) is 49.6 Å². The summed E-state index contributed by atoms with van der Waals surface area (Å²) >= 11 is 0. The van der Waals surface area contributed by atoms with Gasteiger partial charge in [-0.25, -0.2) is 0 Å². The van der Waals surface area contributed by atoms with Crippen LogP contribution in [0.25, 0.3) is 11.1 Å². The number of carbonyl (C=O) groups excluding carboxylic acids is 1. The number of hydrogen-bond donors (Lipinski definition) is 1. The van der Waals surface area contributed by atoms with Gasteiger partial charge in [0.15, 0.2) is 0 Å². The van der Waals surface area contributed by atoms with Gasteiger partial charge < -0.3 is 14.5 Å². The average molecular weight is 387 g/mol. The Hall–Kier alpha value is -3.41. The molecule has 2 aliphatic heterocycles. The lowest BCUT2D eigenvalue weighted by Crippen LogP contribution is -2.49. The van der Waals surface area contributed by atoms with Crippen molar-refractivity contribution in [2.45, 2.75) is 18.9 Å². The summed E-state index contributed by atoms with van der Waals surface area (Å²) in [5.74, 6) is 0.310. The first-order valence-corrected chi connectivity index (χ1v) is 9.87. The molecule has 2 aliphatic rings. The number of benzene rings is 1. The first-order valence-electron chi connectivity index (χ1n) is 9.87. The van der Waals surface area contributed by atoms with Crippen LogP contribution in [0.1, 0.15) is 28.4 Å². The lowest BCUT2D eigenvalue weighted by Gasteiger charge is -2.43. The summed E-state index contributed by atoms with van der Waals surface area (Å²) in [5, 5.41) is 0. The molecule has 6 heteroatoms.